The molecule has 1 aliphatic rings. The Balaban J connectivity index is 1.50. The second-order valence-electron chi connectivity index (χ2n) is 7.53. The van der Waals surface area contributed by atoms with Gasteiger partial charge in [-0.05, 0) is 61.2 Å². The molecule has 149 valence electrons. The standard InChI is InChI=1S/C24H22N5O/c1-17(30)28-14-6-5-9-19-10-11-20(15-23(19)28)26-24-25-16-21-12-13-22(29(21)27-24)18-7-3-2-4-8-18/h2-3,7-8,10-13,15-16H,5-6,9,14H2,1H3,(H,26,27). The minimum absolute atomic E-state index is 0.0737. The topological polar surface area (TPSA) is 62.5 Å². The van der Waals surface area contributed by atoms with Gasteiger partial charge in [-0.15, -0.1) is 5.10 Å². The number of aromatic nitrogens is 3. The molecule has 4 aromatic rings. The highest BCUT2D eigenvalue weighted by atomic mass is 16.2. The number of carbonyl (C=O) groups excluding carboxylic acids is 1. The van der Waals surface area contributed by atoms with Crippen LogP contribution in [0.5, 0.6) is 0 Å². The quantitative estimate of drug-likeness (QED) is 0.548. The van der Waals surface area contributed by atoms with Gasteiger partial charge in [0, 0.05) is 30.4 Å². The van der Waals surface area contributed by atoms with Gasteiger partial charge in [-0.25, -0.2) is 9.50 Å². The molecule has 30 heavy (non-hydrogen) atoms. The van der Waals surface area contributed by atoms with Crippen LogP contribution in [0.3, 0.4) is 0 Å². The van der Waals surface area contributed by atoms with Crippen molar-refractivity contribution in [3.8, 4) is 11.3 Å². The normalized spacial score (nSPS) is 13.7. The Morgan fingerprint density at radius 2 is 2.10 bits per heavy atom. The Bertz CT molecular complexity index is 1210. The molecule has 1 N–H and O–H groups in total. The van der Waals surface area contributed by atoms with Crippen LogP contribution in [0.15, 0.2) is 60.8 Å². The smallest absolute Gasteiger partial charge is 0.245 e. The van der Waals surface area contributed by atoms with Crippen molar-refractivity contribution in [3.63, 3.8) is 0 Å². The maximum Gasteiger partial charge on any atom is 0.245 e. The van der Waals surface area contributed by atoms with Gasteiger partial charge in [0.25, 0.3) is 0 Å². The zero-order valence-electron chi connectivity index (χ0n) is 16.8. The van der Waals surface area contributed by atoms with E-state index in [2.05, 4.69) is 22.4 Å². The van der Waals surface area contributed by atoms with Crippen LogP contribution in [0, 0.1) is 6.07 Å². The molecule has 6 heteroatoms. The van der Waals surface area contributed by atoms with Crippen LogP contribution in [-0.2, 0) is 11.2 Å². The van der Waals surface area contributed by atoms with Gasteiger partial charge in [-0.3, -0.25) is 4.79 Å². The number of carbonyl (C=O) groups is 1. The number of fused-ring (bicyclic) bond motifs is 2. The van der Waals surface area contributed by atoms with Gasteiger partial charge < -0.3 is 10.2 Å². The monoisotopic (exact) mass is 396 g/mol. The molecular weight excluding hydrogens is 374 g/mol. The third-order valence-corrected chi connectivity index (χ3v) is 5.49. The maximum atomic E-state index is 12.1. The summed E-state index contributed by atoms with van der Waals surface area (Å²) in [4.78, 5) is 18.5. The summed E-state index contributed by atoms with van der Waals surface area (Å²) in [5.74, 6) is 0.576. The first-order valence-electron chi connectivity index (χ1n) is 10.2. The Morgan fingerprint density at radius 1 is 1.17 bits per heavy atom. The lowest BCUT2D eigenvalue weighted by Crippen LogP contribution is -2.29. The van der Waals surface area contributed by atoms with E-state index in [0.29, 0.717) is 5.95 Å². The molecule has 0 aliphatic carbocycles. The molecule has 1 amide bonds. The van der Waals surface area contributed by atoms with Crippen LogP contribution in [0.25, 0.3) is 16.8 Å². The molecule has 0 fully saturated rings. The van der Waals surface area contributed by atoms with Gasteiger partial charge in [0.2, 0.25) is 11.9 Å². The van der Waals surface area contributed by atoms with Crippen molar-refractivity contribution in [2.75, 3.05) is 16.8 Å². The molecule has 0 spiro atoms. The average molecular weight is 396 g/mol. The lowest BCUT2D eigenvalue weighted by atomic mass is 10.1. The summed E-state index contributed by atoms with van der Waals surface area (Å²) < 4.78 is 1.88. The molecular formula is C24H22N5O. The first-order chi connectivity index (χ1) is 14.7. The Labute approximate surface area is 175 Å². The van der Waals surface area contributed by atoms with Crippen molar-refractivity contribution < 1.29 is 4.79 Å². The van der Waals surface area contributed by atoms with Crippen LogP contribution >= 0.6 is 0 Å². The molecule has 1 aliphatic heterocycles. The molecule has 2 aromatic carbocycles. The fourth-order valence-electron chi connectivity index (χ4n) is 4.00. The first-order valence-corrected chi connectivity index (χ1v) is 10.2. The van der Waals surface area contributed by atoms with Gasteiger partial charge >= 0.3 is 0 Å². The second kappa shape index (κ2) is 7.63. The predicted octanol–water partition coefficient (Wildman–Crippen LogP) is 4.63. The first kappa shape index (κ1) is 18.4. The number of hydrogen-bond donors (Lipinski definition) is 1. The van der Waals surface area contributed by atoms with Crippen LogP contribution in [0.2, 0.25) is 0 Å². The van der Waals surface area contributed by atoms with E-state index < -0.39 is 0 Å². The minimum Gasteiger partial charge on any atom is -0.323 e. The number of amides is 1. The van der Waals surface area contributed by atoms with E-state index in [1.807, 2.05) is 57.9 Å². The minimum atomic E-state index is 0.0737. The molecule has 0 atom stereocenters. The summed E-state index contributed by atoms with van der Waals surface area (Å²) in [6.45, 7) is 2.38. The number of rotatable bonds is 3. The molecule has 2 aromatic heterocycles. The molecule has 0 saturated carbocycles. The summed E-state index contributed by atoms with van der Waals surface area (Å²) in [5, 5.41) is 8.00. The van der Waals surface area contributed by atoms with Crippen LogP contribution in [-0.4, -0.2) is 27.0 Å². The molecule has 0 unspecified atom stereocenters. The summed E-state index contributed by atoms with van der Waals surface area (Å²) in [7, 11) is 0. The number of benzene rings is 2. The van der Waals surface area contributed by atoms with Crippen molar-refractivity contribution in [1.82, 2.24) is 14.6 Å². The Kier molecular flexibility index (Phi) is 4.67. The van der Waals surface area contributed by atoms with Crippen molar-refractivity contribution in [1.29, 1.82) is 0 Å². The third-order valence-electron chi connectivity index (χ3n) is 5.49. The zero-order valence-corrected chi connectivity index (χ0v) is 16.8. The fraction of sp³-hybridized carbons (Fsp3) is 0.208. The van der Waals surface area contributed by atoms with E-state index in [0.717, 1.165) is 54.0 Å². The highest BCUT2D eigenvalue weighted by Crippen LogP contribution is 2.30. The number of nitrogens with one attached hydrogen (secondary N) is 1. The zero-order chi connectivity index (χ0) is 20.5. The van der Waals surface area contributed by atoms with Crippen molar-refractivity contribution in [3.05, 3.63) is 72.4 Å². The van der Waals surface area contributed by atoms with E-state index in [4.69, 9.17) is 5.10 Å². The summed E-state index contributed by atoms with van der Waals surface area (Å²) in [5.41, 5.74) is 6.00. The van der Waals surface area contributed by atoms with Gasteiger partial charge in [-0.2, -0.15) is 0 Å². The molecule has 3 heterocycles. The molecule has 0 bridgehead atoms. The van der Waals surface area contributed by atoms with Crippen molar-refractivity contribution in [2.24, 2.45) is 0 Å². The number of nitrogens with zero attached hydrogens (tertiary/aromatic N) is 4. The van der Waals surface area contributed by atoms with Gasteiger partial charge in [-0.1, -0.05) is 24.3 Å². The van der Waals surface area contributed by atoms with Gasteiger partial charge in [0.05, 0.1) is 17.4 Å². The van der Waals surface area contributed by atoms with Crippen LogP contribution < -0.4 is 10.2 Å². The van der Waals surface area contributed by atoms with Crippen LogP contribution in [0.1, 0.15) is 25.3 Å². The SMILES string of the molecule is CC(=O)N1CCCCc2ccc(Nc3ncc4ccc(-c5c[c]ccc5)n4n3)cc21. The number of aryl methyl sites for hydroxylation is 1. The predicted molar refractivity (Wildman–Crippen MR) is 118 cm³/mol. The summed E-state index contributed by atoms with van der Waals surface area (Å²) in [6.07, 6.45) is 4.90. The molecule has 6 nitrogen and oxygen atoms in total. The largest absolute Gasteiger partial charge is 0.323 e. The third kappa shape index (κ3) is 3.41. The maximum absolute atomic E-state index is 12.1. The highest BCUT2D eigenvalue weighted by Gasteiger charge is 2.19. The van der Waals surface area contributed by atoms with E-state index in [1.165, 1.54) is 5.56 Å². The molecule has 1 radical (unpaired) electrons. The summed E-state index contributed by atoms with van der Waals surface area (Å²) in [6, 6.07) is 21.1. The van der Waals surface area contributed by atoms with Crippen LogP contribution in [0.4, 0.5) is 17.3 Å². The molecule has 5 rings (SSSR count). The second-order valence-corrected chi connectivity index (χ2v) is 7.53. The van der Waals surface area contributed by atoms with E-state index in [9.17, 15) is 4.79 Å². The van der Waals surface area contributed by atoms with E-state index >= 15 is 0 Å². The lowest BCUT2D eigenvalue weighted by Gasteiger charge is -2.22. The van der Waals surface area contributed by atoms with E-state index in [1.54, 1.807) is 13.1 Å². The van der Waals surface area contributed by atoms with Gasteiger partial charge in [0.1, 0.15) is 0 Å². The molecule has 0 saturated heterocycles. The Morgan fingerprint density at radius 3 is 2.93 bits per heavy atom. The summed E-state index contributed by atoms with van der Waals surface area (Å²) >= 11 is 0. The number of anilines is 3. The highest BCUT2D eigenvalue weighted by molar-refractivity contribution is 5.93. The number of hydrogen-bond acceptors (Lipinski definition) is 4. The average Bonchev–Trinajstić information content (AvgIpc) is 3.06. The lowest BCUT2D eigenvalue weighted by molar-refractivity contribution is -0.116. The van der Waals surface area contributed by atoms with Crippen molar-refractivity contribution in [2.45, 2.75) is 26.2 Å². The van der Waals surface area contributed by atoms with Gasteiger partial charge in [0.15, 0.2) is 0 Å². The fourth-order valence-corrected chi connectivity index (χ4v) is 4.00. The van der Waals surface area contributed by atoms with E-state index in [-0.39, 0.29) is 5.91 Å². The van der Waals surface area contributed by atoms with Crippen molar-refractivity contribution >= 4 is 28.7 Å². The Hall–Kier alpha value is -3.67.